The van der Waals surface area contributed by atoms with E-state index in [1.54, 1.807) is 0 Å². The molecule has 1 aromatic rings. The molecule has 1 fully saturated rings. The molecule has 116 valence electrons. The van der Waals surface area contributed by atoms with E-state index in [1.165, 1.54) is 24.8 Å². The van der Waals surface area contributed by atoms with E-state index in [2.05, 4.69) is 52.1 Å². The minimum atomic E-state index is 0.368. The molecule has 0 unspecified atom stereocenters. The van der Waals surface area contributed by atoms with Crippen LogP contribution in [0.4, 0.5) is 5.69 Å². The molecule has 1 aliphatic carbocycles. The zero-order chi connectivity index (χ0) is 15.8. The third-order valence-electron chi connectivity index (χ3n) is 4.36. The van der Waals surface area contributed by atoms with Crippen molar-refractivity contribution in [2.75, 3.05) is 5.32 Å². The molecule has 1 saturated carbocycles. The van der Waals surface area contributed by atoms with E-state index in [9.17, 15) is 0 Å². The highest BCUT2D eigenvalue weighted by Gasteiger charge is 2.38. The van der Waals surface area contributed by atoms with Gasteiger partial charge in [-0.2, -0.15) is 0 Å². The number of aryl methyl sites for hydroxylation is 1. The first-order valence-corrected chi connectivity index (χ1v) is 8.16. The highest BCUT2D eigenvalue weighted by atomic mass is 32.1. The Balaban J connectivity index is 2.25. The second-order valence-electron chi connectivity index (χ2n) is 8.17. The molecule has 0 radical (unpaired) electrons. The lowest BCUT2D eigenvalue weighted by atomic mass is 9.63. The van der Waals surface area contributed by atoms with Crippen molar-refractivity contribution in [1.82, 2.24) is 0 Å². The van der Waals surface area contributed by atoms with Crippen LogP contribution in [0.3, 0.4) is 0 Å². The lowest BCUT2D eigenvalue weighted by Crippen LogP contribution is -2.40. The van der Waals surface area contributed by atoms with E-state index in [0.717, 1.165) is 11.3 Å². The van der Waals surface area contributed by atoms with Gasteiger partial charge in [0.25, 0.3) is 0 Å². The highest BCUT2D eigenvalue weighted by molar-refractivity contribution is 7.80. The largest absolute Gasteiger partial charge is 0.389 e. The molecule has 0 aliphatic heterocycles. The van der Waals surface area contributed by atoms with Crippen molar-refractivity contribution < 1.29 is 0 Å². The van der Waals surface area contributed by atoms with E-state index < -0.39 is 0 Å². The van der Waals surface area contributed by atoms with Crippen LogP contribution in [0.2, 0.25) is 0 Å². The molecule has 1 aliphatic rings. The fourth-order valence-corrected chi connectivity index (χ4v) is 4.34. The molecule has 3 heteroatoms. The molecule has 2 rings (SSSR count). The van der Waals surface area contributed by atoms with Crippen molar-refractivity contribution in [3.05, 3.63) is 29.3 Å². The zero-order valence-corrected chi connectivity index (χ0v) is 14.7. The molecular weight excluding hydrogens is 276 g/mol. The van der Waals surface area contributed by atoms with Gasteiger partial charge in [0.2, 0.25) is 0 Å². The quantitative estimate of drug-likeness (QED) is 0.799. The van der Waals surface area contributed by atoms with Gasteiger partial charge >= 0.3 is 0 Å². The summed E-state index contributed by atoms with van der Waals surface area (Å²) >= 11 is 5.19. The van der Waals surface area contributed by atoms with E-state index in [0.29, 0.717) is 21.9 Å². The van der Waals surface area contributed by atoms with Gasteiger partial charge in [-0.25, -0.2) is 0 Å². The summed E-state index contributed by atoms with van der Waals surface area (Å²) in [4.78, 5) is 0.465. The number of nitrogens with two attached hydrogens (primary N) is 1. The average molecular weight is 305 g/mol. The van der Waals surface area contributed by atoms with Crippen molar-refractivity contribution in [3.63, 3.8) is 0 Å². The number of benzene rings is 1. The second-order valence-corrected chi connectivity index (χ2v) is 8.61. The van der Waals surface area contributed by atoms with Gasteiger partial charge in [-0.05, 0) is 54.7 Å². The van der Waals surface area contributed by atoms with E-state index in [-0.39, 0.29) is 0 Å². The van der Waals surface area contributed by atoms with Crippen LogP contribution in [0.5, 0.6) is 0 Å². The molecule has 0 heterocycles. The average Bonchev–Trinajstić information content (AvgIpc) is 2.23. The van der Waals surface area contributed by atoms with E-state index in [1.807, 2.05) is 6.07 Å². The Bertz CT molecular complexity index is 530. The van der Waals surface area contributed by atoms with Gasteiger partial charge in [0.1, 0.15) is 4.99 Å². The number of rotatable bonds is 3. The lowest BCUT2D eigenvalue weighted by Gasteiger charge is -2.45. The molecule has 0 aromatic heterocycles. The van der Waals surface area contributed by atoms with Crippen LogP contribution in [0.15, 0.2) is 18.2 Å². The Morgan fingerprint density at radius 2 is 1.76 bits per heavy atom. The van der Waals surface area contributed by atoms with Crippen molar-refractivity contribution in [2.24, 2.45) is 16.6 Å². The third kappa shape index (κ3) is 4.19. The monoisotopic (exact) mass is 304 g/mol. The predicted molar refractivity (Wildman–Crippen MR) is 95.9 cm³/mol. The molecule has 2 nitrogen and oxygen atoms in total. The number of nitrogens with one attached hydrogen (secondary N) is 1. The Morgan fingerprint density at radius 3 is 2.29 bits per heavy atom. The van der Waals surface area contributed by atoms with Crippen LogP contribution in [-0.2, 0) is 0 Å². The second kappa shape index (κ2) is 5.60. The first-order valence-electron chi connectivity index (χ1n) is 7.75. The normalized spacial score (nSPS) is 21.0. The van der Waals surface area contributed by atoms with Gasteiger partial charge < -0.3 is 11.1 Å². The standard InChI is InChI=1S/C18H28N2S/c1-12-6-7-14(16(19)21)15(8-12)20-13-9-17(2,3)11-18(4,5)10-13/h6-8,13,20H,9-11H2,1-5H3,(H2,19,21). The topological polar surface area (TPSA) is 38.0 Å². The molecule has 0 saturated heterocycles. The molecule has 0 bridgehead atoms. The highest BCUT2D eigenvalue weighted by Crippen LogP contribution is 2.46. The van der Waals surface area contributed by atoms with Gasteiger partial charge in [-0.1, -0.05) is 46.0 Å². The van der Waals surface area contributed by atoms with Crippen molar-refractivity contribution >= 4 is 22.9 Å². The summed E-state index contributed by atoms with van der Waals surface area (Å²) in [6.45, 7) is 11.6. The number of hydrogen-bond donors (Lipinski definition) is 2. The Labute approximate surface area is 134 Å². The summed E-state index contributed by atoms with van der Waals surface area (Å²) in [5, 5.41) is 3.72. The Kier molecular flexibility index (Phi) is 4.34. The van der Waals surface area contributed by atoms with Crippen LogP contribution in [0, 0.1) is 17.8 Å². The summed E-state index contributed by atoms with van der Waals surface area (Å²) < 4.78 is 0. The Hall–Kier alpha value is -1.09. The van der Waals surface area contributed by atoms with Crippen LogP contribution >= 0.6 is 12.2 Å². The fourth-order valence-electron chi connectivity index (χ4n) is 4.16. The molecule has 0 atom stereocenters. The summed E-state index contributed by atoms with van der Waals surface area (Å²) in [6, 6.07) is 6.72. The van der Waals surface area contributed by atoms with Crippen LogP contribution < -0.4 is 11.1 Å². The molecule has 0 amide bonds. The number of thiocarbonyl (C=S) groups is 1. The van der Waals surface area contributed by atoms with Gasteiger partial charge in [-0.15, -0.1) is 0 Å². The number of anilines is 1. The van der Waals surface area contributed by atoms with Gasteiger partial charge in [0.05, 0.1) is 0 Å². The summed E-state index contributed by atoms with van der Waals surface area (Å²) in [7, 11) is 0. The maximum Gasteiger partial charge on any atom is 0.106 e. The molecule has 3 N–H and O–H groups in total. The van der Waals surface area contributed by atoms with Gasteiger partial charge in [0, 0.05) is 17.3 Å². The summed E-state index contributed by atoms with van der Waals surface area (Å²) in [5.41, 5.74) is 9.87. The van der Waals surface area contributed by atoms with Crippen molar-refractivity contribution in [3.8, 4) is 0 Å². The van der Waals surface area contributed by atoms with Gasteiger partial charge in [-0.3, -0.25) is 0 Å². The molecule has 21 heavy (non-hydrogen) atoms. The minimum absolute atomic E-state index is 0.368. The Morgan fingerprint density at radius 1 is 1.19 bits per heavy atom. The van der Waals surface area contributed by atoms with Crippen LogP contribution in [0.25, 0.3) is 0 Å². The van der Waals surface area contributed by atoms with Crippen molar-refractivity contribution in [2.45, 2.75) is 59.9 Å². The third-order valence-corrected chi connectivity index (χ3v) is 4.58. The fraction of sp³-hybridized carbons (Fsp3) is 0.611. The zero-order valence-electron chi connectivity index (χ0n) is 13.9. The predicted octanol–water partition coefficient (Wildman–Crippen LogP) is 4.65. The maximum absolute atomic E-state index is 5.87. The first-order chi connectivity index (χ1) is 9.58. The SMILES string of the molecule is Cc1ccc(C(N)=S)c(NC2CC(C)(C)CC(C)(C)C2)c1. The van der Waals surface area contributed by atoms with Crippen molar-refractivity contribution in [1.29, 1.82) is 0 Å². The number of hydrogen-bond acceptors (Lipinski definition) is 2. The summed E-state index contributed by atoms with van der Waals surface area (Å²) in [6.07, 6.45) is 3.64. The van der Waals surface area contributed by atoms with Crippen LogP contribution in [0.1, 0.15) is 58.1 Å². The summed E-state index contributed by atoms with van der Waals surface area (Å²) in [5.74, 6) is 0. The minimum Gasteiger partial charge on any atom is -0.389 e. The van der Waals surface area contributed by atoms with Crippen LogP contribution in [-0.4, -0.2) is 11.0 Å². The lowest BCUT2D eigenvalue weighted by molar-refractivity contribution is 0.105. The molecule has 0 spiro atoms. The van der Waals surface area contributed by atoms with Gasteiger partial charge in [0.15, 0.2) is 0 Å². The smallest absolute Gasteiger partial charge is 0.106 e. The van der Waals surface area contributed by atoms with E-state index >= 15 is 0 Å². The van der Waals surface area contributed by atoms with E-state index in [4.69, 9.17) is 18.0 Å². The molecule has 1 aromatic carbocycles. The maximum atomic E-state index is 5.87. The molecular formula is C18H28N2S. The first kappa shape index (κ1) is 16.3.